The van der Waals surface area contributed by atoms with Gasteiger partial charge in [-0.15, -0.1) is 0 Å². The maximum absolute atomic E-state index is 6.01. The van der Waals surface area contributed by atoms with E-state index in [1.165, 1.54) is 0 Å². The molecule has 6 heteroatoms. The molecule has 0 fully saturated rings. The fourth-order valence-electron chi connectivity index (χ4n) is 1.42. The fraction of sp³-hybridized carbons (Fsp3) is 0.357. The second-order valence-corrected chi connectivity index (χ2v) is 6.23. The lowest BCUT2D eigenvalue weighted by molar-refractivity contribution is 0.331. The van der Waals surface area contributed by atoms with E-state index in [2.05, 4.69) is 31.1 Å². The topological polar surface area (TPSA) is 47.3 Å². The summed E-state index contributed by atoms with van der Waals surface area (Å²) in [5, 5.41) is 4.29. The lowest BCUT2D eigenvalue weighted by Gasteiger charge is -2.19. The van der Waals surface area contributed by atoms with Gasteiger partial charge in [-0.25, -0.2) is 0 Å². The van der Waals surface area contributed by atoms with Gasteiger partial charge in [0, 0.05) is 23.2 Å². The molecule has 1 N–H and O–H groups in total. The largest absolute Gasteiger partial charge is 0.417 e. The maximum atomic E-state index is 6.01. The first-order valence-electron chi connectivity index (χ1n) is 6.16. The summed E-state index contributed by atoms with van der Waals surface area (Å²) >= 11 is 11.9. The average molecular weight is 315 g/mol. The van der Waals surface area contributed by atoms with Gasteiger partial charge in [-0.05, 0) is 32.9 Å². The van der Waals surface area contributed by atoms with E-state index >= 15 is 0 Å². The van der Waals surface area contributed by atoms with Crippen molar-refractivity contribution in [3.05, 3.63) is 40.2 Å². The lowest BCUT2D eigenvalue weighted by Crippen LogP contribution is -2.35. The van der Waals surface area contributed by atoms with Crippen molar-refractivity contribution >= 4 is 23.2 Å². The Morgan fingerprint density at radius 3 is 2.75 bits per heavy atom. The molecule has 0 aliphatic rings. The van der Waals surface area contributed by atoms with Crippen LogP contribution in [-0.2, 0) is 6.54 Å². The highest BCUT2D eigenvalue weighted by atomic mass is 35.5. The van der Waals surface area contributed by atoms with Gasteiger partial charge in [0.05, 0.1) is 10.7 Å². The van der Waals surface area contributed by atoms with Crippen molar-refractivity contribution in [2.24, 2.45) is 0 Å². The van der Waals surface area contributed by atoms with Gasteiger partial charge in [0.2, 0.25) is 0 Å². The van der Waals surface area contributed by atoms with E-state index in [1.807, 2.05) is 0 Å². The first-order chi connectivity index (χ1) is 9.33. The molecular formula is C14H16Cl2N2O2. The minimum absolute atomic E-state index is 0.0102. The summed E-state index contributed by atoms with van der Waals surface area (Å²) in [7, 11) is 0. The summed E-state index contributed by atoms with van der Waals surface area (Å²) in [6.07, 6.45) is 1.69. The monoisotopic (exact) mass is 314 g/mol. The van der Waals surface area contributed by atoms with Crippen molar-refractivity contribution in [2.45, 2.75) is 32.9 Å². The van der Waals surface area contributed by atoms with Crippen LogP contribution in [0.1, 0.15) is 26.5 Å². The van der Waals surface area contributed by atoms with Crippen LogP contribution in [-0.4, -0.2) is 10.5 Å². The third-order valence-electron chi connectivity index (χ3n) is 2.42. The molecule has 2 aromatic rings. The molecule has 20 heavy (non-hydrogen) atoms. The average Bonchev–Trinajstić information content (AvgIpc) is 2.78. The van der Waals surface area contributed by atoms with E-state index in [-0.39, 0.29) is 11.6 Å². The molecule has 0 saturated heterocycles. The zero-order chi connectivity index (χ0) is 14.8. The van der Waals surface area contributed by atoms with Gasteiger partial charge >= 0.3 is 6.08 Å². The van der Waals surface area contributed by atoms with Crippen LogP contribution in [0.3, 0.4) is 0 Å². The number of nitrogens with zero attached hydrogens (tertiary/aromatic N) is 1. The van der Waals surface area contributed by atoms with Gasteiger partial charge in [-0.1, -0.05) is 23.2 Å². The van der Waals surface area contributed by atoms with Crippen LogP contribution in [0, 0.1) is 0 Å². The van der Waals surface area contributed by atoms with E-state index in [1.54, 1.807) is 24.5 Å². The molecule has 0 saturated carbocycles. The number of hydrogen-bond donors (Lipinski definition) is 1. The summed E-state index contributed by atoms with van der Waals surface area (Å²) in [5.41, 5.74) is 0.768. The lowest BCUT2D eigenvalue weighted by atomic mass is 10.1. The van der Waals surface area contributed by atoms with Crippen molar-refractivity contribution < 1.29 is 9.15 Å². The molecule has 4 nitrogen and oxygen atoms in total. The second kappa shape index (κ2) is 6.04. The van der Waals surface area contributed by atoms with E-state index in [4.69, 9.17) is 32.4 Å². The Labute approximate surface area is 128 Å². The number of oxazole rings is 1. The van der Waals surface area contributed by atoms with Crippen molar-refractivity contribution in [1.82, 2.24) is 10.3 Å². The Morgan fingerprint density at radius 2 is 2.05 bits per heavy atom. The van der Waals surface area contributed by atoms with Crippen LogP contribution in [0.25, 0.3) is 0 Å². The van der Waals surface area contributed by atoms with E-state index < -0.39 is 0 Å². The standard InChI is InChI=1S/C14H16Cl2N2O2/c1-14(2,3)17-7-10-8-19-13(18-10)20-12-6-9(15)4-5-11(12)16/h4-6,8,17H,7H2,1-3H3. The summed E-state index contributed by atoms with van der Waals surface area (Å²) < 4.78 is 10.7. The van der Waals surface area contributed by atoms with Gasteiger partial charge in [0.25, 0.3) is 0 Å². The van der Waals surface area contributed by atoms with Crippen LogP contribution < -0.4 is 10.1 Å². The van der Waals surface area contributed by atoms with Gasteiger partial charge in [-0.2, -0.15) is 4.98 Å². The maximum Gasteiger partial charge on any atom is 0.399 e. The van der Waals surface area contributed by atoms with Crippen LogP contribution in [0.2, 0.25) is 10.0 Å². The van der Waals surface area contributed by atoms with Crippen LogP contribution in [0.5, 0.6) is 11.8 Å². The first-order valence-corrected chi connectivity index (χ1v) is 6.91. The SMILES string of the molecule is CC(C)(C)NCc1coc(Oc2cc(Cl)ccc2Cl)n1. The van der Waals surface area contributed by atoms with Crippen molar-refractivity contribution in [3.8, 4) is 11.8 Å². The molecule has 0 aliphatic heterocycles. The number of halogens is 2. The van der Waals surface area contributed by atoms with Crippen molar-refractivity contribution in [1.29, 1.82) is 0 Å². The van der Waals surface area contributed by atoms with Crippen LogP contribution >= 0.6 is 23.2 Å². The molecular weight excluding hydrogens is 299 g/mol. The van der Waals surface area contributed by atoms with Gasteiger partial charge in [0.1, 0.15) is 6.26 Å². The number of rotatable bonds is 4. The Bertz CT molecular complexity index is 591. The molecule has 0 aliphatic carbocycles. The molecule has 108 valence electrons. The highest BCUT2D eigenvalue weighted by Crippen LogP contribution is 2.31. The Kier molecular flexibility index (Phi) is 4.58. The summed E-state index contributed by atoms with van der Waals surface area (Å²) in [6.45, 7) is 6.84. The predicted octanol–water partition coefficient (Wildman–Crippen LogP) is 4.66. The molecule has 1 heterocycles. The summed E-state index contributed by atoms with van der Waals surface area (Å²) in [6, 6.07) is 4.95. The van der Waals surface area contributed by atoms with Crippen LogP contribution in [0.4, 0.5) is 0 Å². The molecule has 0 atom stereocenters. The van der Waals surface area contributed by atoms with E-state index in [0.29, 0.717) is 22.3 Å². The van der Waals surface area contributed by atoms with Gasteiger partial charge in [0.15, 0.2) is 5.75 Å². The molecule has 1 aromatic carbocycles. The van der Waals surface area contributed by atoms with Crippen molar-refractivity contribution in [3.63, 3.8) is 0 Å². The number of ether oxygens (including phenoxy) is 1. The second-order valence-electron chi connectivity index (χ2n) is 5.39. The highest BCUT2D eigenvalue weighted by Gasteiger charge is 2.13. The highest BCUT2D eigenvalue weighted by molar-refractivity contribution is 6.34. The summed E-state index contributed by atoms with van der Waals surface area (Å²) in [4.78, 5) is 4.23. The molecule has 0 radical (unpaired) electrons. The van der Waals surface area contributed by atoms with E-state index in [9.17, 15) is 0 Å². The summed E-state index contributed by atoms with van der Waals surface area (Å²) in [5.74, 6) is 0.413. The number of hydrogen-bond acceptors (Lipinski definition) is 4. The van der Waals surface area contributed by atoms with Gasteiger partial charge in [-0.3, -0.25) is 0 Å². The minimum Gasteiger partial charge on any atom is -0.417 e. The smallest absolute Gasteiger partial charge is 0.399 e. The van der Waals surface area contributed by atoms with Gasteiger partial charge < -0.3 is 14.5 Å². The fourth-order valence-corrected chi connectivity index (χ4v) is 1.74. The third kappa shape index (κ3) is 4.40. The third-order valence-corrected chi connectivity index (χ3v) is 2.97. The Balaban J connectivity index is 2.04. The molecule has 0 bridgehead atoms. The van der Waals surface area contributed by atoms with Crippen molar-refractivity contribution in [2.75, 3.05) is 0 Å². The molecule has 0 amide bonds. The molecule has 1 aromatic heterocycles. The number of aromatic nitrogens is 1. The minimum atomic E-state index is 0.0102. The normalized spacial score (nSPS) is 11.7. The molecule has 0 spiro atoms. The number of benzene rings is 1. The zero-order valence-electron chi connectivity index (χ0n) is 11.5. The zero-order valence-corrected chi connectivity index (χ0v) is 13.0. The Hall–Kier alpha value is -1.23. The van der Waals surface area contributed by atoms with E-state index in [0.717, 1.165) is 5.69 Å². The molecule has 2 rings (SSSR count). The first kappa shape index (κ1) is 15.2. The van der Waals surface area contributed by atoms with Crippen LogP contribution in [0.15, 0.2) is 28.9 Å². The predicted molar refractivity (Wildman–Crippen MR) is 79.6 cm³/mol. The Morgan fingerprint density at radius 1 is 1.30 bits per heavy atom. The molecule has 0 unspecified atom stereocenters. The quantitative estimate of drug-likeness (QED) is 0.891. The number of nitrogens with one attached hydrogen (secondary N) is 1.